The van der Waals surface area contributed by atoms with Gasteiger partial charge in [0.1, 0.15) is 18.5 Å². The van der Waals surface area contributed by atoms with Crippen molar-refractivity contribution < 1.29 is 9.84 Å². The van der Waals surface area contributed by atoms with E-state index in [1.54, 1.807) is 24.3 Å². The van der Waals surface area contributed by atoms with Crippen molar-refractivity contribution in [3.8, 4) is 11.8 Å². The Bertz CT molecular complexity index is 478. The van der Waals surface area contributed by atoms with Gasteiger partial charge in [0, 0.05) is 12.6 Å². The van der Waals surface area contributed by atoms with Crippen molar-refractivity contribution in [3.05, 3.63) is 29.8 Å². The zero-order valence-electron chi connectivity index (χ0n) is 12.6. The van der Waals surface area contributed by atoms with Crippen LogP contribution < -0.4 is 10.1 Å². The molecule has 1 fully saturated rings. The lowest BCUT2D eigenvalue weighted by Gasteiger charge is -2.22. The third-order valence-electron chi connectivity index (χ3n) is 4.19. The van der Waals surface area contributed by atoms with Crippen molar-refractivity contribution in [3.63, 3.8) is 0 Å². The number of nitrogens with one attached hydrogen (secondary N) is 1. The van der Waals surface area contributed by atoms with E-state index in [1.165, 1.54) is 25.7 Å². The molecule has 4 nitrogen and oxygen atoms in total. The number of nitrogens with zero attached hydrogens (tertiary/aromatic N) is 1. The highest BCUT2D eigenvalue weighted by Gasteiger charge is 2.21. The second-order valence-corrected chi connectivity index (χ2v) is 5.85. The van der Waals surface area contributed by atoms with Crippen molar-refractivity contribution in [2.24, 2.45) is 5.92 Å². The van der Waals surface area contributed by atoms with Gasteiger partial charge in [0.05, 0.1) is 11.6 Å². The number of rotatable bonds is 7. The van der Waals surface area contributed by atoms with Crippen LogP contribution in [0.5, 0.6) is 5.75 Å². The lowest BCUT2D eigenvalue weighted by atomic mass is 10.00. The second-order valence-electron chi connectivity index (χ2n) is 5.85. The second kappa shape index (κ2) is 8.02. The van der Waals surface area contributed by atoms with Crippen LogP contribution in [0.25, 0.3) is 0 Å². The highest BCUT2D eigenvalue weighted by atomic mass is 16.5. The molecule has 0 radical (unpaired) electrons. The summed E-state index contributed by atoms with van der Waals surface area (Å²) in [5.74, 6) is 1.36. The molecule has 0 saturated heterocycles. The number of nitriles is 1. The molecule has 1 unspecified atom stereocenters. The van der Waals surface area contributed by atoms with Crippen molar-refractivity contribution in [1.82, 2.24) is 5.32 Å². The minimum absolute atomic E-state index is 0.235. The molecule has 2 rings (SSSR count). The fraction of sp³-hybridized carbons (Fsp3) is 0.588. The molecule has 114 valence electrons. The fourth-order valence-electron chi connectivity index (χ4n) is 2.85. The molecule has 1 aromatic rings. The molecule has 1 aliphatic rings. The molecule has 0 bridgehead atoms. The van der Waals surface area contributed by atoms with E-state index in [2.05, 4.69) is 18.3 Å². The van der Waals surface area contributed by atoms with Crippen LogP contribution in [-0.4, -0.2) is 30.4 Å². The van der Waals surface area contributed by atoms with Gasteiger partial charge in [0.25, 0.3) is 0 Å². The van der Waals surface area contributed by atoms with Gasteiger partial charge in [-0.25, -0.2) is 0 Å². The SMILES string of the molecule is C[C@@H](NCC(O)COc1cccc(C#N)c1)C1CCCC1. The van der Waals surface area contributed by atoms with E-state index in [1.807, 2.05) is 0 Å². The molecule has 0 amide bonds. The van der Waals surface area contributed by atoms with E-state index < -0.39 is 6.10 Å². The Morgan fingerprint density at radius 2 is 2.19 bits per heavy atom. The number of hydrogen-bond acceptors (Lipinski definition) is 4. The molecule has 1 aromatic carbocycles. The molecule has 1 aliphatic carbocycles. The first-order chi connectivity index (χ1) is 10.2. The average Bonchev–Trinajstić information content (AvgIpc) is 3.05. The van der Waals surface area contributed by atoms with Gasteiger partial charge in [-0.2, -0.15) is 5.26 Å². The van der Waals surface area contributed by atoms with Gasteiger partial charge in [-0.15, -0.1) is 0 Å². The summed E-state index contributed by atoms with van der Waals surface area (Å²) in [7, 11) is 0. The number of aliphatic hydroxyl groups excluding tert-OH is 1. The summed E-state index contributed by atoms with van der Waals surface area (Å²) in [6.07, 6.45) is 4.71. The van der Waals surface area contributed by atoms with Gasteiger partial charge < -0.3 is 15.2 Å². The van der Waals surface area contributed by atoms with E-state index in [0.29, 0.717) is 23.9 Å². The molecule has 1 saturated carbocycles. The van der Waals surface area contributed by atoms with Crippen molar-refractivity contribution >= 4 is 0 Å². The van der Waals surface area contributed by atoms with Gasteiger partial charge >= 0.3 is 0 Å². The highest BCUT2D eigenvalue weighted by molar-refractivity contribution is 5.36. The summed E-state index contributed by atoms with van der Waals surface area (Å²) in [4.78, 5) is 0. The maximum Gasteiger partial charge on any atom is 0.120 e. The molecule has 0 aliphatic heterocycles. The summed E-state index contributed by atoms with van der Waals surface area (Å²) in [6.45, 7) is 2.97. The summed E-state index contributed by atoms with van der Waals surface area (Å²) in [6, 6.07) is 9.50. The number of ether oxygens (including phenoxy) is 1. The lowest BCUT2D eigenvalue weighted by Crippen LogP contribution is -2.39. The van der Waals surface area contributed by atoms with Gasteiger partial charge in [0.2, 0.25) is 0 Å². The minimum Gasteiger partial charge on any atom is -0.491 e. The quantitative estimate of drug-likeness (QED) is 0.809. The molecule has 0 spiro atoms. The fourth-order valence-corrected chi connectivity index (χ4v) is 2.85. The largest absolute Gasteiger partial charge is 0.491 e. The first-order valence-corrected chi connectivity index (χ1v) is 7.73. The van der Waals surface area contributed by atoms with Crippen LogP contribution in [-0.2, 0) is 0 Å². The predicted octanol–water partition coefficient (Wildman–Crippen LogP) is 2.47. The van der Waals surface area contributed by atoms with E-state index in [0.717, 1.165) is 5.92 Å². The smallest absolute Gasteiger partial charge is 0.120 e. The van der Waals surface area contributed by atoms with E-state index in [-0.39, 0.29) is 6.61 Å². The molecule has 4 heteroatoms. The van der Waals surface area contributed by atoms with E-state index >= 15 is 0 Å². The van der Waals surface area contributed by atoms with Crippen LogP contribution >= 0.6 is 0 Å². The molecule has 2 atom stereocenters. The van der Waals surface area contributed by atoms with Gasteiger partial charge in [0.15, 0.2) is 0 Å². The van der Waals surface area contributed by atoms with E-state index in [4.69, 9.17) is 10.00 Å². The zero-order chi connectivity index (χ0) is 15.1. The number of benzene rings is 1. The van der Waals surface area contributed by atoms with E-state index in [9.17, 15) is 5.11 Å². The van der Waals surface area contributed by atoms with Gasteiger partial charge in [-0.05, 0) is 43.9 Å². The van der Waals surface area contributed by atoms with Crippen LogP contribution in [0.15, 0.2) is 24.3 Å². The minimum atomic E-state index is -0.542. The summed E-state index contributed by atoms with van der Waals surface area (Å²) in [5, 5.41) is 22.2. The standard InChI is InChI=1S/C17H24N2O2/c1-13(15-6-2-3-7-15)19-11-16(20)12-21-17-8-4-5-14(9-17)10-18/h4-5,8-9,13,15-16,19-20H,2-3,6-7,11-12H2,1H3/t13-,16?/m1/s1. The number of aliphatic hydroxyl groups is 1. The highest BCUT2D eigenvalue weighted by Crippen LogP contribution is 2.27. The van der Waals surface area contributed by atoms with Gasteiger partial charge in [-0.3, -0.25) is 0 Å². The summed E-state index contributed by atoms with van der Waals surface area (Å²) >= 11 is 0. The van der Waals surface area contributed by atoms with Crippen molar-refractivity contribution in [2.75, 3.05) is 13.2 Å². The molecule has 0 heterocycles. The Morgan fingerprint density at radius 3 is 2.90 bits per heavy atom. The Morgan fingerprint density at radius 1 is 1.43 bits per heavy atom. The lowest BCUT2D eigenvalue weighted by molar-refractivity contribution is 0.102. The van der Waals surface area contributed by atoms with Crippen LogP contribution in [0.1, 0.15) is 38.2 Å². The first-order valence-electron chi connectivity index (χ1n) is 7.73. The average molecular weight is 288 g/mol. The van der Waals surface area contributed by atoms with Crippen molar-refractivity contribution in [1.29, 1.82) is 5.26 Å². The molecular weight excluding hydrogens is 264 g/mol. The maximum absolute atomic E-state index is 9.98. The molecule has 0 aromatic heterocycles. The summed E-state index contributed by atoms with van der Waals surface area (Å²) in [5.41, 5.74) is 0.565. The van der Waals surface area contributed by atoms with Crippen LogP contribution in [0.3, 0.4) is 0 Å². The van der Waals surface area contributed by atoms with Crippen molar-refractivity contribution in [2.45, 2.75) is 44.8 Å². The van der Waals surface area contributed by atoms with Crippen LogP contribution in [0.2, 0.25) is 0 Å². The van der Waals surface area contributed by atoms with Gasteiger partial charge in [-0.1, -0.05) is 18.9 Å². The summed E-state index contributed by atoms with van der Waals surface area (Å²) < 4.78 is 5.53. The first kappa shape index (κ1) is 15.8. The zero-order valence-corrected chi connectivity index (χ0v) is 12.6. The van der Waals surface area contributed by atoms with Crippen LogP contribution in [0, 0.1) is 17.2 Å². The Hall–Kier alpha value is -1.57. The topological polar surface area (TPSA) is 65.3 Å². The maximum atomic E-state index is 9.98. The third-order valence-corrected chi connectivity index (χ3v) is 4.19. The normalized spacial score (nSPS) is 18.1. The Labute approximate surface area is 126 Å². The number of hydrogen-bond donors (Lipinski definition) is 2. The monoisotopic (exact) mass is 288 g/mol. The predicted molar refractivity (Wildman–Crippen MR) is 82.1 cm³/mol. The van der Waals surface area contributed by atoms with Crippen LogP contribution in [0.4, 0.5) is 0 Å². The molecular formula is C17H24N2O2. The molecule has 21 heavy (non-hydrogen) atoms. The Balaban J connectivity index is 1.69. The Kier molecular flexibility index (Phi) is 6.04. The third kappa shape index (κ3) is 5.04. The molecule has 2 N–H and O–H groups in total.